The molecule has 7 rings (SSSR count). The Balaban J connectivity index is 1.30. The van der Waals surface area contributed by atoms with Crippen molar-refractivity contribution in [3.63, 3.8) is 0 Å². The van der Waals surface area contributed by atoms with Crippen molar-refractivity contribution in [1.29, 1.82) is 0 Å². The van der Waals surface area contributed by atoms with E-state index in [1.54, 1.807) is 0 Å². The number of aromatic nitrogens is 3. The van der Waals surface area contributed by atoms with Crippen LogP contribution in [-0.4, -0.2) is 45.9 Å². The second-order valence-electron chi connectivity index (χ2n) is 10.8. The molecule has 1 amide bonds. The number of likely N-dealkylation sites (N-methyl/N-ethyl adjacent to an activating group) is 1. The van der Waals surface area contributed by atoms with Gasteiger partial charge in [0.2, 0.25) is 17.0 Å². The number of nitrogens with zero attached hydrogens (tertiary/aromatic N) is 4. The second kappa shape index (κ2) is 7.61. The van der Waals surface area contributed by atoms with Crippen LogP contribution in [0.4, 0.5) is 0 Å². The molecule has 1 unspecified atom stereocenters. The number of hydrogen-bond acceptors (Lipinski definition) is 6. The number of fused-ring (bicyclic) bond motifs is 5. The van der Waals surface area contributed by atoms with E-state index in [0.717, 1.165) is 61.2 Å². The van der Waals surface area contributed by atoms with Crippen molar-refractivity contribution in [3.8, 4) is 11.8 Å². The fourth-order valence-corrected chi connectivity index (χ4v) is 6.83. The standard InChI is InChI=1S/C27H28ClN5O2/c1-14-9-18-16(22-23(14)27(6-7-27)13-30-24(22)34)4-3-15-11-29-21(10-17(15)18)35-25-19-12-33(2)8-5-20(19)31-26(28)32-25/h10-11,14H,3-9,12-13H2,1-2H3,(H,30,34). The lowest BCUT2D eigenvalue weighted by molar-refractivity contribution is -0.118. The summed E-state index contributed by atoms with van der Waals surface area (Å²) in [7, 11) is 2.08. The van der Waals surface area contributed by atoms with Gasteiger partial charge < -0.3 is 15.0 Å². The normalized spacial score (nSPS) is 24.4. The van der Waals surface area contributed by atoms with Crippen molar-refractivity contribution in [2.24, 2.45) is 11.3 Å². The third-order valence-electron chi connectivity index (χ3n) is 8.50. The quantitative estimate of drug-likeness (QED) is 0.635. The summed E-state index contributed by atoms with van der Waals surface area (Å²) in [5, 5.41) is 3.39. The number of nitrogens with one attached hydrogen (secondary N) is 1. The van der Waals surface area contributed by atoms with Crippen LogP contribution in [0.25, 0.3) is 5.57 Å². The Morgan fingerprint density at radius 1 is 1.20 bits per heavy atom. The minimum Gasteiger partial charge on any atom is -0.420 e. The Bertz CT molecular complexity index is 1360. The highest BCUT2D eigenvalue weighted by Crippen LogP contribution is 2.60. The molecule has 2 aromatic heterocycles. The lowest BCUT2D eigenvalue weighted by atomic mass is 9.67. The van der Waals surface area contributed by atoms with Crippen molar-refractivity contribution in [2.75, 3.05) is 20.1 Å². The van der Waals surface area contributed by atoms with Crippen LogP contribution in [0.15, 0.2) is 29.0 Å². The van der Waals surface area contributed by atoms with Crippen LogP contribution in [0.5, 0.6) is 11.8 Å². The SMILES string of the molecule is CC1CC2=C(CCc3cnc(Oc4nc(Cl)nc5c4CN(C)CC5)cc32)C2=C1C1(CC1)CNC2=O. The molecule has 0 bridgehead atoms. The first-order chi connectivity index (χ1) is 16.9. The van der Waals surface area contributed by atoms with Gasteiger partial charge in [-0.25, -0.2) is 9.97 Å². The Morgan fingerprint density at radius 3 is 2.89 bits per heavy atom. The summed E-state index contributed by atoms with van der Waals surface area (Å²) in [4.78, 5) is 28.8. The number of carbonyl (C=O) groups is 1. The first-order valence-electron chi connectivity index (χ1n) is 12.6. The highest BCUT2D eigenvalue weighted by Gasteiger charge is 2.53. The lowest BCUT2D eigenvalue weighted by Gasteiger charge is -2.40. The number of halogens is 1. The van der Waals surface area contributed by atoms with Crippen molar-refractivity contribution in [2.45, 2.75) is 52.0 Å². The van der Waals surface area contributed by atoms with E-state index in [9.17, 15) is 4.79 Å². The Kier molecular flexibility index (Phi) is 4.68. The number of amides is 1. The summed E-state index contributed by atoms with van der Waals surface area (Å²) >= 11 is 6.23. The van der Waals surface area contributed by atoms with E-state index in [1.807, 2.05) is 12.3 Å². The summed E-state index contributed by atoms with van der Waals surface area (Å²) in [6.45, 7) is 4.74. The predicted molar refractivity (Wildman–Crippen MR) is 132 cm³/mol. The fourth-order valence-electron chi connectivity index (χ4n) is 6.65. The summed E-state index contributed by atoms with van der Waals surface area (Å²) < 4.78 is 6.26. The van der Waals surface area contributed by atoms with Crippen LogP contribution in [0.3, 0.4) is 0 Å². The summed E-state index contributed by atoms with van der Waals surface area (Å²) in [6, 6.07) is 2.03. The molecule has 8 heteroatoms. The summed E-state index contributed by atoms with van der Waals surface area (Å²) in [6.07, 6.45) is 7.86. The maximum atomic E-state index is 13.1. The molecule has 35 heavy (non-hydrogen) atoms. The van der Waals surface area contributed by atoms with Gasteiger partial charge in [-0.3, -0.25) is 4.79 Å². The van der Waals surface area contributed by atoms with Crippen LogP contribution in [-0.2, 0) is 24.2 Å². The lowest BCUT2D eigenvalue weighted by Crippen LogP contribution is -2.42. The first-order valence-corrected chi connectivity index (χ1v) is 13.0. The molecule has 1 N–H and O–H groups in total. The van der Waals surface area contributed by atoms with Crippen LogP contribution < -0.4 is 10.1 Å². The van der Waals surface area contributed by atoms with Gasteiger partial charge in [-0.1, -0.05) is 6.92 Å². The smallest absolute Gasteiger partial charge is 0.251 e. The van der Waals surface area contributed by atoms with Crippen LogP contribution in [0.2, 0.25) is 5.28 Å². The van der Waals surface area contributed by atoms with Gasteiger partial charge in [-0.15, -0.1) is 0 Å². The molecule has 180 valence electrons. The molecule has 2 aromatic rings. The minimum atomic E-state index is 0.108. The highest BCUT2D eigenvalue weighted by molar-refractivity contribution is 6.28. The van der Waals surface area contributed by atoms with E-state index in [-0.39, 0.29) is 16.6 Å². The zero-order valence-electron chi connectivity index (χ0n) is 20.1. The van der Waals surface area contributed by atoms with Gasteiger partial charge in [0.05, 0.1) is 11.3 Å². The number of carbonyl (C=O) groups excluding carboxylic acids is 1. The average molecular weight is 490 g/mol. The van der Waals surface area contributed by atoms with Crippen LogP contribution in [0, 0.1) is 11.3 Å². The Labute approximate surface area is 209 Å². The van der Waals surface area contributed by atoms with E-state index in [2.05, 4.69) is 39.1 Å². The van der Waals surface area contributed by atoms with Crippen molar-refractivity contribution in [3.05, 3.63) is 56.7 Å². The molecule has 4 heterocycles. The zero-order chi connectivity index (χ0) is 23.9. The van der Waals surface area contributed by atoms with E-state index in [0.29, 0.717) is 24.2 Å². The largest absolute Gasteiger partial charge is 0.420 e. The van der Waals surface area contributed by atoms with Gasteiger partial charge >= 0.3 is 0 Å². The molecular weight excluding hydrogens is 462 g/mol. The molecular formula is C27H28ClN5O2. The molecule has 0 saturated heterocycles. The van der Waals surface area contributed by atoms with Crippen molar-refractivity contribution < 1.29 is 9.53 Å². The second-order valence-corrected chi connectivity index (χ2v) is 11.1. The number of allylic oxidation sites excluding steroid dienone is 1. The molecule has 3 aliphatic carbocycles. The molecule has 1 fully saturated rings. The first kappa shape index (κ1) is 21.5. The van der Waals surface area contributed by atoms with Gasteiger partial charge in [-0.05, 0) is 84.5 Å². The van der Waals surface area contributed by atoms with Gasteiger partial charge in [0, 0.05) is 49.3 Å². The van der Waals surface area contributed by atoms with Gasteiger partial charge in [-0.2, -0.15) is 4.98 Å². The molecule has 1 spiro atoms. The van der Waals surface area contributed by atoms with Gasteiger partial charge in [0.25, 0.3) is 5.91 Å². The predicted octanol–water partition coefficient (Wildman–Crippen LogP) is 4.25. The van der Waals surface area contributed by atoms with Gasteiger partial charge in [0.1, 0.15) is 0 Å². The maximum absolute atomic E-state index is 13.1. The molecule has 5 aliphatic rings. The molecule has 1 saturated carbocycles. The molecule has 1 atom stereocenters. The van der Waals surface area contributed by atoms with E-state index < -0.39 is 0 Å². The monoisotopic (exact) mass is 489 g/mol. The summed E-state index contributed by atoms with van der Waals surface area (Å²) in [5.41, 5.74) is 9.40. The number of hydrogen-bond donors (Lipinski definition) is 1. The fraction of sp³-hybridized carbons (Fsp3) is 0.481. The van der Waals surface area contributed by atoms with Gasteiger partial charge in [0.15, 0.2) is 0 Å². The molecule has 0 aromatic carbocycles. The van der Waals surface area contributed by atoms with E-state index in [4.69, 9.17) is 16.3 Å². The average Bonchev–Trinajstić information content (AvgIpc) is 3.61. The number of ether oxygens (including phenoxy) is 1. The molecule has 7 nitrogen and oxygen atoms in total. The highest BCUT2D eigenvalue weighted by atomic mass is 35.5. The van der Waals surface area contributed by atoms with Crippen molar-refractivity contribution in [1.82, 2.24) is 25.2 Å². The Hall–Kier alpha value is -2.77. The number of aryl methyl sites for hydroxylation is 1. The summed E-state index contributed by atoms with van der Waals surface area (Å²) in [5.74, 6) is 1.45. The van der Waals surface area contributed by atoms with Crippen molar-refractivity contribution >= 4 is 23.1 Å². The molecule has 2 aliphatic heterocycles. The maximum Gasteiger partial charge on any atom is 0.251 e. The minimum absolute atomic E-state index is 0.108. The number of rotatable bonds is 2. The third kappa shape index (κ3) is 3.35. The molecule has 0 radical (unpaired) electrons. The Morgan fingerprint density at radius 2 is 2.06 bits per heavy atom. The van der Waals surface area contributed by atoms with E-state index >= 15 is 0 Å². The number of pyridine rings is 1. The topological polar surface area (TPSA) is 80.2 Å². The third-order valence-corrected chi connectivity index (χ3v) is 8.66. The van der Waals surface area contributed by atoms with E-state index in [1.165, 1.54) is 35.1 Å². The zero-order valence-corrected chi connectivity index (χ0v) is 20.8. The van der Waals surface area contributed by atoms with Crippen LogP contribution >= 0.6 is 11.6 Å². The van der Waals surface area contributed by atoms with Crippen LogP contribution in [0.1, 0.15) is 55.0 Å².